The van der Waals surface area contributed by atoms with Gasteiger partial charge >= 0.3 is 0 Å². The van der Waals surface area contributed by atoms with E-state index < -0.39 is 6.04 Å². The van der Waals surface area contributed by atoms with Gasteiger partial charge in [0.15, 0.2) is 0 Å². The highest BCUT2D eigenvalue weighted by Crippen LogP contribution is 2.35. The van der Waals surface area contributed by atoms with Gasteiger partial charge in [-0.2, -0.15) is 0 Å². The van der Waals surface area contributed by atoms with E-state index in [4.69, 9.17) is 22.1 Å². The standard InChI is InChI=1S/C12H15ClN2O2/c1-2-17-6-5-15-10-4-3-8(13)7-9(10)11(14)12(15)16/h3-4,7,11H,2,5-6,14H2,1H3. The summed E-state index contributed by atoms with van der Waals surface area (Å²) in [5.41, 5.74) is 7.49. The number of benzene rings is 1. The number of halogens is 1. The van der Waals surface area contributed by atoms with E-state index in [1.807, 2.05) is 13.0 Å². The van der Waals surface area contributed by atoms with Gasteiger partial charge in [0.1, 0.15) is 6.04 Å². The third-order valence-corrected chi connectivity index (χ3v) is 3.05. The van der Waals surface area contributed by atoms with E-state index in [1.54, 1.807) is 17.0 Å². The van der Waals surface area contributed by atoms with Crippen molar-refractivity contribution in [3.05, 3.63) is 28.8 Å². The molecule has 0 radical (unpaired) electrons. The molecule has 17 heavy (non-hydrogen) atoms. The van der Waals surface area contributed by atoms with Gasteiger partial charge in [0.2, 0.25) is 5.91 Å². The van der Waals surface area contributed by atoms with Crippen LogP contribution in [0.3, 0.4) is 0 Å². The van der Waals surface area contributed by atoms with Gasteiger partial charge in [-0.1, -0.05) is 11.6 Å². The van der Waals surface area contributed by atoms with Crippen LogP contribution in [0.1, 0.15) is 18.5 Å². The molecule has 1 heterocycles. The molecule has 0 saturated heterocycles. The lowest BCUT2D eigenvalue weighted by atomic mass is 10.1. The van der Waals surface area contributed by atoms with Gasteiger partial charge in [0.05, 0.1) is 6.61 Å². The van der Waals surface area contributed by atoms with Crippen LogP contribution < -0.4 is 10.6 Å². The smallest absolute Gasteiger partial charge is 0.248 e. The zero-order valence-electron chi connectivity index (χ0n) is 9.65. The summed E-state index contributed by atoms with van der Waals surface area (Å²) >= 11 is 5.90. The van der Waals surface area contributed by atoms with Gasteiger partial charge in [-0.3, -0.25) is 4.79 Å². The van der Waals surface area contributed by atoms with Crippen molar-refractivity contribution in [2.45, 2.75) is 13.0 Å². The fourth-order valence-electron chi connectivity index (χ4n) is 1.97. The summed E-state index contributed by atoms with van der Waals surface area (Å²) < 4.78 is 5.26. The third kappa shape index (κ3) is 2.29. The number of rotatable bonds is 4. The van der Waals surface area contributed by atoms with Gasteiger partial charge < -0.3 is 15.4 Å². The number of fused-ring (bicyclic) bond motifs is 1. The molecule has 0 saturated carbocycles. The number of hydrogen-bond acceptors (Lipinski definition) is 3. The summed E-state index contributed by atoms with van der Waals surface area (Å²) in [6.45, 7) is 3.60. The first kappa shape index (κ1) is 12.4. The molecule has 0 aromatic heterocycles. The third-order valence-electron chi connectivity index (χ3n) is 2.81. The predicted molar refractivity (Wildman–Crippen MR) is 67.2 cm³/mol. The molecule has 1 atom stereocenters. The van der Waals surface area contributed by atoms with Crippen molar-refractivity contribution >= 4 is 23.2 Å². The van der Waals surface area contributed by atoms with Crippen LogP contribution in [0.25, 0.3) is 0 Å². The maximum Gasteiger partial charge on any atom is 0.248 e. The molecule has 1 aromatic carbocycles. The van der Waals surface area contributed by atoms with Crippen LogP contribution in [0.5, 0.6) is 0 Å². The first-order chi connectivity index (χ1) is 8.15. The van der Waals surface area contributed by atoms with Crippen LogP contribution in [0.4, 0.5) is 5.69 Å². The number of nitrogens with zero attached hydrogens (tertiary/aromatic N) is 1. The summed E-state index contributed by atoms with van der Waals surface area (Å²) in [6.07, 6.45) is 0. The Bertz CT molecular complexity index is 437. The summed E-state index contributed by atoms with van der Waals surface area (Å²) in [5.74, 6) is -0.0954. The van der Waals surface area contributed by atoms with Gasteiger partial charge in [-0.25, -0.2) is 0 Å². The van der Waals surface area contributed by atoms with Gasteiger partial charge in [0.25, 0.3) is 0 Å². The maximum atomic E-state index is 12.0. The minimum Gasteiger partial charge on any atom is -0.380 e. The van der Waals surface area contributed by atoms with E-state index in [9.17, 15) is 4.79 Å². The molecule has 2 N–H and O–H groups in total. The number of hydrogen-bond donors (Lipinski definition) is 1. The molecule has 0 fully saturated rings. The van der Waals surface area contributed by atoms with E-state index in [0.717, 1.165) is 11.3 Å². The quantitative estimate of drug-likeness (QED) is 0.833. The Balaban J connectivity index is 2.22. The highest BCUT2D eigenvalue weighted by Gasteiger charge is 2.34. The largest absolute Gasteiger partial charge is 0.380 e. The SMILES string of the molecule is CCOCCN1C(=O)C(N)c2cc(Cl)ccc21. The molecule has 0 bridgehead atoms. The second-order valence-electron chi connectivity index (χ2n) is 3.87. The molecule has 1 unspecified atom stereocenters. The monoisotopic (exact) mass is 254 g/mol. The summed E-state index contributed by atoms with van der Waals surface area (Å²) in [5, 5.41) is 0.596. The number of carbonyl (C=O) groups excluding carboxylic acids is 1. The van der Waals surface area contributed by atoms with E-state index >= 15 is 0 Å². The molecule has 0 aliphatic carbocycles. The van der Waals surface area contributed by atoms with E-state index in [0.29, 0.717) is 24.8 Å². The molecule has 1 amide bonds. The summed E-state index contributed by atoms with van der Waals surface area (Å²) in [4.78, 5) is 13.6. The number of nitrogens with two attached hydrogens (primary N) is 1. The Morgan fingerprint density at radius 1 is 1.53 bits per heavy atom. The predicted octanol–water partition coefficient (Wildman–Crippen LogP) is 1.72. The highest BCUT2D eigenvalue weighted by molar-refractivity contribution is 6.31. The van der Waals surface area contributed by atoms with Crippen molar-refractivity contribution in [1.82, 2.24) is 0 Å². The van der Waals surface area contributed by atoms with Crippen LogP contribution in [0, 0.1) is 0 Å². The highest BCUT2D eigenvalue weighted by atomic mass is 35.5. The van der Waals surface area contributed by atoms with Crippen LogP contribution >= 0.6 is 11.6 Å². The van der Waals surface area contributed by atoms with Crippen LogP contribution in [0.2, 0.25) is 5.02 Å². The first-order valence-corrected chi connectivity index (χ1v) is 5.97. The number of ether oxygens (including phenoxy) is 1. The van der Waals surface area contributed by atoms with E-state index in [-0.39, 0.29) is 5.91 Å². The molecule has 1 aromatic rings. The molecular weight excluding hydrogens is 240 g/mol. The Hall–Kier alpha value is -1.10. The molecule has 0 spiro atoms. The van der Waals surface area contributed by atoms with Gasteiger partial charge in [-0.05, 0) is 25.1 Å². The van der Waals surface area contributed by atoms with Crippen molar-refractivity contribution in [3.63, 3.8) is 0 Å². The maximum absolute atomic E-state index is 12.0. The zero-order chi connectivity index (χ0) is 12.4. The zero-order valence-corrected chi connectivity index (χ0v) is 10.4. The lowest BCUT2D eigenvalue weighted by molar-refractivity contribution is -0.119. The topological polar surface area (TPSA) is 55.6 Å². The molecule has 2 rings (SSSR count). The van der Waals surface area contributed by atoms with E-state index in [2.05, 4.69) is 0 Å². The van der Waals surface area contributed by atoms with Crippen molar-refractivity contribution in [3.8, 4) is 0 Å². The van der Waals surface area contributed by atoms with Crippen LogP contribution in [0.15, 0.2) is 18.2 Å². The fraction of sp³-hybridized carbons (Fsp3) is 0.417. The molecule has 1 aliphatic heterocycles. The Kier molecular flexibility index (Phi) is 3.66. The molecular formula is C12H15ClN2O2. The molecule has 4 nitrogen and oxygen atoms in total. The van der Waals surface area contributed by atoms with E-state index in [1.165, 1.54) is 0 Å². The minimum atomic E-state index is -0.606. The molecule has 5 heteroatoms. The Morgan fingerprint density at radius 2 is 2.29 bits per heavy atom. The van der Waals surface area contributed by atoms with Gasteiger partial charge in [0, 0.05) is 29.4 Å². The van der Waals surface area contributed by atoms with Gasteiger partial charge in [-0.15, -0.1) is 0 Å². The average Bonchev–Trinajstić information content (AvgIpc) is 2.54. The molecule has 92 valence electrons. The second-order valence-corrected chi connectivity index (χ2v) is 4.30. The number of carbonyl (C=O) groups is 1. The Labute approximate surface area is 105 Å². The lowest BCUT2D eigenvalue weighted by Gasteiger charge is -2.17. The van der Waals surface area contributed by atoms with Crippen LogP contribution in [-0.2, 0) is 9.53 Å². The Morgan fingerprint density at radius 3 is 3.00 bits per heavy atom. The number of anilines is 1. The summed E-state index contributed by atoms with van der Waals surface area (Å²) in [7, 11) is 0. The fourth-order valence-corrected chi connectivity index (χ4v) is 2.15. The first-order valence-electron chi connectivity index (χ1n) is 5.59. The van der Waals surface area contributed by atoms with Crippen molar-refractivity contribution in [1.29, 1.82) is 0 Å². The normalized spacial score (nSPS) is 18.6. The van der Waals surface area contributed by atoms with Crippen LogP contribution in [-0.4, -0.2) is 25.7 Å². The molecule has 1 aliphatic rings. The van der Waals surface area contributed by atoms with Crippen molar-refractivity contribution in [2.75, 3.05) is 24.7 Å². The minimum absolute atomic E-state index is 0.0954. The average molecular weight is 255 g/mol. The lowest BCUT2D eigenvalue weighted by Crippen LogP contribution is -2.34. The number of amides is 1. The van der Waals surface area contributed by atoms with Crippen molar-refractivity contribution in [2.24, 2.45) is 5.73 Å². The summed E-state index contributed by atoms with van der Waals surface area (Å²) in [6, 6.07) is 4.73. The second kappa shape index (κ2) is 5.04. The van der Waals surface area contributed by atoms with Crippen molar-refractivity contribution < 1.29 is 9.53 Å².